The van der Waals surface area contributed by atoms with Gasteiger partial charge < -0.3 is 0 Å². The molecule has 2 atom stereocenters. The van der Waals surface area contributed by atoms with Crippen LogP contribution < -0.4 is 0 Å². The van der Waals surface area contributed by atoms with Crippen LogP contribution in [0.1, 0.15) is 91.9 Å². The van der Waals surface area contributed by atoms with Gasteiger partial charge in [0.1, 0.15) is 0 Å². The van der Waals surface area contributed by atoms with Crippen LogP contribution in [0, 0.1) is 11.8 Å². The molecule has 0 saturated carbocycles. The zero-order valence-corrected chi connectivity index (χ0v) is 12.2. The quantitative estimate of drug-likeness (QED) is 0.368. The van der Waals surface area contributed by atoms with Crippen molar-refractivity contribution < 1.29 is 0 Å². The van der Waals surface area contributed by atoms with E-state index in [4.69, 9.17) is 0 Å². The Hall–Kier alpha value is 0. The second kappa shape index (κ2) is 11.5. The monoisotopic (exact) mass is 226 g/mol. The zero-order valence-electron chi connectivity index (χ0n) is 12.2. The Morgan fingerprint density at radius 1 is 0.688 bits per heavy atom. The Morgan fingerprint density at radius 3 is 2.00 bits per heavy atom. The van der Waals surface area contributed by atoms with Gasteiger partial charge in [-0.3, -0.25) is 0 Å². The first-order chi connectivity index (χ1) is 7.74. The summed E-state index contributed by atoms with van der Waals surface area (Å²) in [6, 6.07) is 0. The van der Waals surface area contributed by atoms with Crippen LogP contribution in [0.5, 0.6) is 0 Å². The lowest BCUT2D eigenvalue weighted by Crippen LogP contribution is -2.03. The van der Waals surface area contributed by atoms with E-state index in [-0.39, 0.29) is 0 Å². The molecule has 0 aromatic rings. The lowest BCUT2D eigenvalue weighted by Gasteiger charge is -2.17. The van der Waals surface area contributed by atoms with Crippen molar-refractivity contribution in [3.05, 3.63) is 0 Å². The first-order valence-electron chi connectivity index (χ1n) is 7.74. The van der Waals surface area contributed by atoms with E-state index in [1.807, 2.05) is 0 Å². The van der Waals surface area contributed by atoms with Gasteiger partial charge in [-0.2, -0.15) is 0 Å². The molecule has 0 bridgehead atoms. The molecular formula is C16H34. The van der Waals surface area contributed by atoms with Gasteiger partial charge in [0.05, 0.1) is 0 Å². The normalized spacial score (nSPS) is 15.0. The number of hydrogen-bond donors (Lipinski definition) is 0. The topological polar surface area (TPSA) is 0 Å². The summed E-state index contributed by atoms with van der Waals surface area (Å²) in [5, 5.41) is 0. The minimum Gasteiger partial charge on any atom is -0.0654 e. The predicted molar refractivity (Wildman–Crippen MR) is 75.8 cm³/mol. The van der Waals surface area contributed by atoms with Crippen LogP contribution in [0.15, 0.2) is 0 Å². The molecule has 0 aliphatic carbocycles. The molecule has 98 valence electrons. The molecule has 0 aliphatic heterocycles. The van der Waals surface area contributed by atoms with Gasteiger partial charge in [-0.25, -0.2) is 0 Å². The van der Waals surface area contributed by atoms with Crippen LogP contribution in [-0.2, 0) is 0 Å². The van der Waals surface area contributed by atoms with E-state index in [9.17, 15) is 0 Å². The molecular weight excluding hydrogens is 192 g/mol. The van der Waals surface area contributed by atoms with Crippen LogP contribution in [0.4, 0.5) is 0 Å². The standard InChI is InChI=1S/C16H34/c1-5-8-9-10-12-15(4)13-14-16(7-3)11-6-2/h15-16H,5-14H2,1-4H3. The van der Waals surface area contributed by atoms with Crippen LogP contribution >= 0.6 is 0 Å². The highest BCUT2D eigenvalue weighted by atomic mass is 14.1. The van der Waals surface area contributed by atoms with Gasteiger partial charge in [-0.05, 0) is 11.8 Å². The number of rotatable bonds is 11. The average Bonchev–Trinajstić information content (AvgIpc) is 2.30. The Balaban J connectivity index is 3.43. The molecule has 0 aromatic heterocycles. The summed E-state index contributed by atoms with van der Waals surface area (Å²) >= 11 is 0. The molecule has 0 heteroatoms. The van der Waals surface area contributed by atoms with E-state index in [1.54, 1.807) is 0 Å². The Morgan fingerprint density at radius 2 is 1.44 bits per heavy atom. The summed E-state index contributed by atoms with van der Waals surface area (Å²) in [7, 11) is 0. The number of unbranched alkanes of at least 4 members (excludes halogenated alkanes) is 3. The minimum absolute atomic E-state index is 0.961. The highest BCUT2D eigenvalue weighted by molar-refractivity contribution is 4.61. The molecule has 0 aliphatic rings. The molecule has 0 rings (SSSR count). The SMILES string of the molecule is CCCCCCC(C)CCC(CC)CCC. The van der Waals surface area contributed by atoms with Gasteiger partial charge in [0, 0.05) is 0 Å². The summed E-state index contributed by atoms with van der Waals surface area (Å²) in [6.45, 7) is 9.41. The maximum Gasteiger partial charge on any atom is -0.0417 e. The van der Waals surface area contributed by atoms with Crippen molar-refractivity contribution in [3.8, 4) is 0 Å². The first-order valence-corrected chi connectivity index (χ1v) is 7.74. The summed E-state index contributed by atoms with van der Waals surface area (Å²) < 4.78 is 0. The van der Waals surface area contributed by atoms with Crippen LogP contribution in [0.2, 0.25) is 0 Å². The fraction of sp³-hybridized carbons (Fsp3) is 1.00. The fourth-order valence-corrected chi connectivity index (χ4v) is 2.54. The predicted octanol–water partition coefficient (Wildman–Crippen LogP) is 6.20. The minimum atomic E-state index is 0.961. The van der Waals surface area contributed by atoms with Gasteiger partial charge in [-0.15, -0.1) is 0 Å². The van der Waals surface area contributed by atoms with Crippen molar-refractivity contribution in [2.75, 3.05) is 0 Å². The van der Waals surface area contributed by atoms with E-state index >= 15 is 0 Å². The summed E-state index contributed by atoms with van der Waals surface area (Å²) in [6.07, 6.45) is 14.3. The van der Waals surface area contributed by atoms with Gasteiger partial charge in [0.25, 0.3) is 0 Å². The molecule has 0 saturated heterocycles. The fourth-order valence-electron chi connectivity index (χ4n) is 2.54. The van der Waals surface area contributed by atoms with Crippen molar-refractivity contribution in [2.45, 2.75) is 91.9 Å². The van der Waals surface area contributed by atoms with Crippen molar-refractivity contribution in [1.29, 1.82) is 0 Å². The van der Waals surface area contributed by atoms with Gasteiger partial charge in [-0.1, -0.05) is 91.9 Å². The van der Waals surface area contributed by atoms with E-state index in [0.29, 0.717) is 0 Å². The van der Waals surface area contributed by atoms with E-state index in [2.05, 4.69) is 27.7 Å². The summed E-state index contributed by atoms with van der Waals surface area (Å²) in [4.78, 5) is 0. The molecule has 0 amide bonds. The van der Waals surface area contributed by atoms with Gasteiger partial charge >= 0.3 is 0 Å². The summed E-state index contributed by atoms with van der Waals surface area (Å²) in [5.41, 5.74) is 0. The van der Waals surface area contributed by atoms with Crippen molar-refractivity contribution in [1.82, 2.24) is 0 Å². The lowest BCUT2D eigenvalue weighted by molar-refractivity contribution is 0.360. The molecule has 2 unspecified atom stereocenters. The maximum atomic E-state index is 2.45. The van der Waals surface area contributed by atoms with E-state index in [1.165, 1.54) is 64.2 Å². The zero-order chi connectivity index (χ0) is 12.2. The highest BCUT2D eigenvalue weighted by Crippen LogP contribution is 2.22. The maximum absolute atomic E-state index is 2.45. The third-order valence-electron chi connectivity index (χ3n) is 3.89. The Labute approximate surface area is 104 Å². The van der Waals surface area contributed by atoms with Crippen molar-refractivity contribution in [3.63, 3.8) is 0 Å². The van der Waals surface area contributed by atoms with Crippen LogP contribution in [0.3, 0.4) is 0 Å². The van der Waals surface area contributed by atoms with E-state index in [0.717, 1.165) is 11.8 Å². The Bertz CT molecular complexity index is 128. The third kappa shape index (κ3) is 9.24. The van der Waals surface area contributed by atoms with E-state index < -0.39 is 0 Å². The molecule has 0 aromatic carbocycles. The molecule has 16 heavy (non-hydrogen) atoms. The first kappa shape index (κ1) is 16.0. The summed E-state index contributed by atoms with van der Waals surface area (Å²) in [5.74, 6) is 1.96. The van der Waals surface area contributed by atoms with Gasteiger partial charge in [0.2, 0.25) is 0 Å². The second-order valence-corrected chi connectivity index (χ2v) is 5.59. The largest absolute Gasteiger partial charge is 0.0654 e. The molecule has 0 spiro atoms. The average molecular weight is 226 g/mol. The van der Waals surface area contributed by atoms with Crippen molar-refractivity contribution in [2.24, 2.45) is 11.8 Å². The lowest BCUT2D eigenvalue weighted by atomic mass is 9.89. The van der Waals surface area contributed by atoms with Crippen LogP contribution in [-0.4, -0.2) is 0 Å². The van der Waals surface area contributed by atoms with Crippen LogP contribution in [0.25, 0.3) is 0 Å². The number of hydrogen-bond acceptors (Lipinski definition) is 0. The smallest absolute Gasteiger partial charge is 0.0417 e. The molecule has 0 fully saturated rings. The Kier molecular flexibility index (Phi) is 11.5. The molecule has 0 nitrogen and oxygen atoms in total. The highest BCUT2D eigenvalue weighted by Gasteiger charge is 2.08. The third-order valence-corrected chi connectivity index (χ3v) is 3.89. The molecule has 0 radical (unpaired) electrons. The molecule has 0 heterocycles. The molecule has 0 N–H and O–H groups in total. The second-order valence-electron chi connectivity index (χ2n) is 5.59. The van der Waals surface area contributed by atoms with Gasteiger partial charge in [0.15, 0.2) is 0 Å². The van der Waals surface area contributed by atoms with Crippen molar-refractivity contribution >= 4 is 0 Å².